The number of nitrogens with one attached hydrogen (secondary N) is 1. The molecule has 0 amide bonds. The summed E-state index contributed by atoms with van der Waals surface area (Å²) in [5, 5.41) is 14.3. The molecule has 0 bridgehead atoms. The largest absolute Gasteiger partial charge is 0.312 e. The molecule has 1 atom stereocenters. The van der Waals surface area contributed by atoms with Crippen molar-refractivity contribution in [1.82, 2.24) is 10.2 Å². The van der Waals surface area contributed by atoms with E-state index in [1.165, 1.54) is 6.07 Å². The van der Waals surface area contributed by atoms with Gasteiger partial charge in [0, 0.05) is 38.3 Å². The van der Waals surface area contributed by atoms with Crippen LogP contribution in [0.5, 0.6) is 0 Å². The normalized spacial score (nSPS) is 20.9. The van der Waals surface area contributed by atoms with Crippen molar-refractivity contribution in [3.05, 3.63) is 38.9 Å². The first-order valence-corrected chi connectivity index (χ1v) is 6.32. The van der Waals surface area contributed by atoms with Crippen molar-refractivity contribution in [2.24, 2.45) is 0 Å². The van der Waals surface area contributed by atoms with E-state index < -0.39 is 4.92 Å². The summed E-state index contributed by atoms with van der Waals surface area (Å²) in [5.41, 5.74) is 0.980. The third-order valence-corrected chi connectivity index (χ3v) is 3.37. The van der Waals surface area contributed by atoms with Gasteiger partial charge < -0.3 is 5.32 Å². The van der Waals surface area contributed by atoms with Gasteiger partial charge in [0.25, 0.3) is 5.69 Å². The van der Waals surface area contributed by atoms with Gasteiger partial charge in [-0.3, -0.25) is 15.0 Å². The van der Waals surface area contributed by atoms with Crippen LogP contribution in [0, 0.1) is 10.1 Å². The lowest BCUT2D eigenvalue weighted by atomic mass is 10.1. The van der Waals surface area contributed by atoms with Crippen LogP contribution >= 0.6 is 11.6 Å². The van der Waals surface area contributed by atoms with Gasteiger partial charge in [0.2, 0.25) is 0 Å². The van der Waals surface area contributed by atoms with E-state index in [2.05, 4.69) is 17.1 Å². The zero-order valence-electron chi connectivity index (χ0n) is 10.2. The fourth-order valence-electron chi connectivity index (χ4n) is 2.21. The average molecular weight is 270 g/mol. The molecular formula is C12H16ClN3O2. The third-order valence-electron chi connectivity index (χ3n) is 3.07. The van der Waals surface area contributed by atoms with Gasteiger partial charge in [0.1, 0.15) is 5.02 Å². The quantitative estimate of drug-likeness (QED) is 0.674. The summed E-state index contributed by atoms with van der Waals surface area (Å²) in [6.45, 7) is 5.87. The highest BCUT2D eigenvalue weighted by molar-refractivity contribution is 6.32. The first kappa shape index (κ1) is 13.3. The summed E-state index contributed by atoms with van der Waals surface area (Å²) in [5.74, 6) is 0. The highest BCUT2D eigenvalue weighted by Gasteiger charge is 2.17. The maximum Gasteiger partial charge on any atom is 0.287 e. The van der Waals surface area contributed by atoms with E-state index in [-0.39, 0.29) is 10.7 Å². The minimum Gasteiger partial charge on any atom is -0.312 e. The van der Waals surface area contributed by atoms with Crippen molar-refractivity contribution in [2.75, 3.05) is 19.6 Å². The molecule has 18 heavy (non-hydrogen) atoms. The fourth-order valence-corrected chi connectivity index (χ4v) is 2.48. The van der Waals surface area contributed by atoms with Gasteiger partial charge in [0.15, 0.2) is 0 Å². The number of halogens is 1. The second-order valence-corrected chi connectivity index (χ2v) is 5.04. The Labute approximate surface area is 111 Å². The van der Waals surface area contributed by atoms with E-state index in [4.69, 9.17) is 11.6 Å². The molecule has 0 unspecified atom stereocenters. The molecule has 2 rings (SSSR count). The molecule has 1 aliphatic heterocycles. The minimum absolute atomic E-state index is 0.0332. The van der Waals surface area contributed by atoms with Gasteiger partial charge in [-0.15, -0.1) is 0 Å². The Morgan fingerprint density at radius 1 is 1.61 bits per heavy atom. The maximum absolute atomic E-state index is 10.7. The van der Waals surface area contributed by atoms with Gasteiger partial charge in [-0.2, -0.15) is 0 Å². The Kier molecular flexibility index (Phi) is 4.16. The Balaban J connectivity index is 2.05. The van der Waals surface area contributed by atoms with E-state index in [0.717, 1.165) is 31.7 Å². The predicted molar refractivity (Wildman–Crippen MR) is 70.8 cm³/mol. The lowest BCUT2D eigenvalue weighted by Gasteiger charge is -2.31. The van der Waals surface area contributed by atoms with Gasteiger partial charge >= 0.3 is 0 Å². The van der Waals surface area contributed by atoms with Gasteiger partial charge in [-0.05, 0) is 18.6 Å². The average Bonchev–Trinajstić information content (AvgIpc) is 2.28. The van der Waals surface area contributed by atoms with Crippen molar-refractivity contribution in [1.29, 1.82) is 0 Å². The molecule has 1 heterocycles. The van der Waals surface area contributed by atoms with Crippen LogP contribution in [0.1, 0.15) is 12.5 Å². The van der Waals surface area contributed by atoms with E-state index in [1.54, 1.807) is 12.1 Å². The number of piperazine rings is 1. The van der Waals surface area contributed by atoms with Gasteiger partial charge in [0.05, 0.1) is 4.92 Å². The van der Waals surface area contributed by atoms with Crippen molar-refractivity contribution >= 4 is 17.3 Å². The third kappa shape index (κ3) is 3.19. The van der Waals surface area contributed by atoms with Crippen LogP contribution in [0.3, 0.4) is 0 Å². The van der Waals surface area contributed by atoms with E-state index in [0.29, 0.717) is 6.04 Å². The summed E-state index contributed by atoms with van der Waals surface area (Å²) in [7, 11) is 0. The molecule has 5 nitrogen and oxygen atoms in total. The molecule has 0 aliphatic carbocycles. The van der Waals surface area contributed by atoms with Crippen molar-refractivity contribution in [2.45, 2.75) is 19.5 Å². The number of hydrogen-bond donors (Lipinski definition) is 1. The number of nitro benzene ring substituents is 1. The molecular weight excluding hydrogens is 254 g/mol. The zero-order chi connectivity index (χ0) is 13.1. The second-order valence-electron chi connectivity index (χ2n) is 4.63. The summed E-state index contributed by atoms with van der Waals surface area (Å²) in [6, 6.07) is 5.42. The highest BCUT2D eigenvalue weighted by atomic mass is 35.5. The number of nitro groups is 1. The van der Waals surface area contributed by atoms with Crippen LogP contribution in [0.4, 0.5) is 5.69 Å². The number of nitrogens with zero attached hydrogens (tertiary/aromatic N) is 2. The maximum atomic E-state index is 10.7. The number of rotatable bonds is 3. The van der Waals surface area contributed by atoms with Crippen molar-refractivity contribution in [3.63, 3.8) is 0 Å². The first-order valence-electron chi connectivity index (χ1n) is 5.95. The standard InChI is InChI=1S/C12H16ClN3O2/c1-9-7-15(5-4-14-9)8-10-2-3-12(16(17)18)11(13)6-10/h2-3,6,9,14H,4-5,7-8H2,1H3/t9-/m0/s1. The number of hydrogen-bond acceptors (Lipinski definition) is 4. The molecule has 1 fully saturated rings. The summed E-state index contributed by atoms with van der Waals surface area (Å²) in [4.78, 5) is 12.5. The van der Waals surface area contributed by atoms with Crippen LogP contribution < -0.4 is 5.32 Å². The van der Waals surface area contributed by atoms with Crippen LogP contribution in [0.2, 0.25) is 5.02 Å². The predicted octanol–water partition coefficient (Wildman–Crippen LogP) is 2.04. The molecule has 1 aliphatic rings. The molecule has 0 radical (unpaired) electrons. The van der Waals surface area contributed by atoms with E-state index >= 15 is 0 Å². The molecule has 1 saturated heterocycles. The fraction of sp³-hybridized carbons (Fsp3) is 0.500. The first-order chi connectivity index (χ1) is 8.56. The number of benzene rings is 1. The zero-order valence-corrected chi connectivity index (χ0v) is 11.0. The monoisotopic (exact) mass is 269 g/mol. The summed E-state index contributed by atoms with van der Waals surface area (Å²) < 4.78 is 0. The molecule has 1 aromatic rings. The molecule has 0 saturated carbocycles. The Morgan fingerprint density at radius 2 is 2.39 bits per heavy atom. The lowest BCUT2D eigenvalue weighted by molar-refractivity contribution is -0.384. The molecule has 0 aromatic heterocycles. The summed E-state index contributed by atoms with van der Waals surface area (Å²) >= 11 is 5.90. The Morgan fingerprint density at radius 3 is 3.00 bits per heavy atom. The minimum atomic E-state index is -0.459. The van der Waals surface area contributed by atoms with Crippen LogP contribution in [0.25, 0.3) is 0 Å². The highest BCUT2D eigenvalue weighted by Crippen LogP contribution is 2.25. The Hall–Kier alpha value is -1.17. The smallest absolute Gasteiger partial charge is 0.287 e. The Bertz CT molecular complexity index is 453. The molecule has 1 N–H and O–H groups in total. The van der Waals surface area contributed by atoms with E-state index in [1.807, 2.05) is 0 Å². The molecule has 0 spiro atoms. The van der Waals surface area contributed by atoms with Gasteiger partial charge in [-0.25, -0.2) is 0 Å². The van der Waals surface area contributed by atoms with Crippen LogP contribution in [-0.2, 0) is 6.54 Å². The lowest BCUT2D eigenvalue weighted by Crippen LogP contribution is -2.48. The van der Waals surface area contributed by atoms with E-state index in [9.17, 15) is 10.1 Å². The SMILES string of the molecule is C[C@H]1CN(Cc2ccc([N+](=O)[O-])c(Cl)c2)CCN1. The summed E-state index contributed by atoms with van der Waals surface area (Å²) in [6.07, 6.45) is 0. The van der Waals surface area contributed by atoms with Crippen LogP contribution in [-0.4, -0.2) is 35.5 Å². The molecule has 98 valence electrons. The second kappa shape index (κ2) is 5.65. The van der Waals surface area contributed by atoms with Crippen LogP contribution in [0.15, 0.2) is 18.2 Å². The molecule has 1 aromatic carbocycles. The molecule has 6 heteroatoms. The van der Waals surface area contributed by atoms with Crippen molar-refractivity contribution < 1.29 is 4.92 Å². The van der Waals surface area contributed by atoms with Gasteiger partial charge in [-0.1, -0.05) is 17.7 Å². The van der Waals surface area contributed by atoms with Crippen molar-refractivity contribution in [3.8, 4) is 0 Å². The topological polar surface area (TPSA) is 58.4 Å².